The van der Waals surface area contributed by atoms with Gasteiger partial charge in [-0.15, -0.1) is 24.0 Å². The van der Waals surface area contributed by atoms with Crippen LogP contribution in [0.15, 0.2) is 82.4 Å². The van der Waals surface area contributed by atoms with E-state index in [1.165, 1.54) is 11.1 Å². The van der Waals surface area contributed by atoms with Gasteiger partial charge in [-0.1, -0.05) is 54.6 Å². The van der Waals surface area contributed by atoms with Crippen LogP contribution in [0, 0.1) is 0 Å². The Hall–Kier alpha value is -2.36. The molecule has 1 aromatic heterocycles. The number of hydrogen-bond acceptors (Lipinski definition) is 4. The van der Waals surface area contributed by atoms with Gasteiger partial charge in [0.2, 0.25) is 0 Å². The summed E-state index contributed by atoms with van der Waals surface area (Å²) in [6.45, 7) is 2.94. The molecule has 1 atom stereocenters. The van der Waals surface area contributed by atoms with Crippen LogP contribution in [0.1, 0.15) is 28.4 Å². The summed E-state index contributed by atoms with van der Waals surface area (Å²) in [5.41, 5.74) is 3.59. The predicted octanol–water partition coefficient (Wildman–Crippen LogP) is 3.97. The van der Waals surface area contributed by atoms with Gasteiger partial charge in [0, 0.05) is 32.6 Å². The first kappa shape index (κ1) is 25.9. The van der Waals surface area contributed by atoms with E-state index >= 15 is 0 Å². The molecule has 1 heterocycles. The van der Waals surface area contributed by atoms with E-state index in [0.29, 0.717) is 19.0 Å². The summed E-state index contributed by atoms with van der Waals surface area (Å²) in [6, 6.07) is 22.4. The molecule has 0 amide bonds. The van der Waals surface area contributed by atoms with Gasteiger partial charge < -0.3 is 20.2 Å². The molecular formula is C25H33IN4O2. The molecule has 172 valence electrons. The van der Waals surface area contributed by atoms with Gasteiger partial charge in [0.05, 0.1) is 19.4 Å². The third kappa shape index (κ3) is 7.96. The van der Waals surface area contributed by atoms with Crippen molar-refractivity contribution in [1.82, 2.24) is 15.5 Å². The minimum Gasteiger partial charge on any atom is -0.468 e. The quantitative estimate of drug-likeness (QED) is 0.203. The van der Waals surface area contributed by atoms with E-state index in [0.717, 1.165) is 24.4 Å². The van der Waals surface area contributed by atoms with Crippen molar-refractivity contribution in [3.63, 3.8) is 0 Å². The molecule has 0 aliphatic carbocycles. The summed E-state index contributed by atoms with van der Waals surface area (Å²) in [6.07, 6.45) is 1.71. The molecule has 0 aliphatic rings. The van der Waals surface area contributed by atoms with Gasteiger partial charge in [-0.3, -0.25) is 9.89 Å². The van der Waals surface area contributed by atoms with Gasteiger partial charge in [0.1, 0.15) is 5.76 Å². The summed E-state index contributed by atoms with van der Waals surface area (Å²) >= 11 is 0. The Balaban J connectivity index is 0.00000363. The van der Waals surface area contributed by atoms with Crippen molar-refractivity contribution in [1.29, 1.82) is 0 Å². The largest absolute Gasteiger partial charge is 0.468 e. The second kappa shape index (κ2) is 13.9. The Labute approximate surface area is 207 Å². The monoisotopic (exact) mass is 548 g/mol. The lowest BCUT2D eigenvalue weighted by atomic mass is 10.0. The highest BCUT2D eigenvalue weighted by Crippen LogP contribution is 2.15. The molecule has 0 saturated carbocycles. The molecule has 1 unspecified atom stereocenters. The van der Waals surface area contributed by atoms with Crippen LogP contribution in [-0.4, -0.2) is 43.2 Å². The summed E-state index contributed by atoms with van der Waals surface area (Å²) in [4.78, 5) is 6.57. The van der Waals surface area contributed by atoms with Crippen LogP contribution in [-0.2, 0) is 19.6 Å². The van der Waals surface area contributed by atoms with Gasteiger partial charge in [-0.2, -0.15) is 0 Å². The molecule has 3 aromatic rings. The Morgan fingerprint density at radius 3 is 2.34 bits per heavy atom. The predicted molar refractivity (Wildman–Crippen MR) is 140 cm³/mol. The molecule has 0 bridgehead atoms. The summed E-state index contributed by atoms with van der Waals surface area (Å²) in [5.74, 6) is 1.69. The van der Waals surface area contributed by atoms with Crippen molar-refractivity contribution in [2.24, 2.45) is 4.99 Å². The highest BCUT2D eigenvalue weighted by Gasteiger charge is 2.12. The third-order valence-corrected chi connectivity index (χ3v) is 5.24. The van der Waals surface area contributed by atoms with Crippen molar-refractivity contribution < 1.29 is 9.52 Å². The zero-order chi connectivity index (χ0) is 21.9. The topological polar surface area (TPSA) is 73.0 Å². The molecule has 32 heavy (non-hydrogen) atoms. The zero-order valence-electron chi connectivity index (χ0n) is 18.7. The lowest BCUT2D eigenvalue weighted by Gasteiger charge is -2.20. The highest BCUT2D eigenvalue weighted by molar-refractivity contribution is 14.0. The number of aliphatic imine (C=N–C) groups is 1. The molecule has 3 N–H and O–H groups in total. The maximum atomic E-state index is 9.77. The molecule has 0 fully saturated rings. The molecule has 0 aliphatic heterocycles. The van der Waals surface area contributed by atoms with Crippen LogP contribution in [0.2, 0.25) is 0 Å². The van der Waals surface area contributed by atoms with E-state index in [9.17, 15) is 5.11 Å². The minimum atomic E-state index is 0. The Kier molecular flexibility index (Phi) is 11.3. The summed E-state index contributed by atoms with van der Waals surface area (Å²) < 4.78 is 5.46. The van der Waals surface area contributed by atoms with Gasteiger partial charge in [0.15, 0.2) is 5.96 Å². The lowest BCUT2D eigenvalue weighted by Crippen LogP contribution is -2.39. The molecule has 6 nitrogen and oxygen atoms in total. The van der Waals surface area contributed by atoms with Crippen LogP contribution < -0.4 is 10.6 Å². The van der Waals surface area contributed by atoms with Crippen LogP contribution in [0.5, 0.6) is 0 Å². The van der Waals surface area contributed by atoms with Crippen molar-refractivity contribution in [3.8, 4) is 0 Å². The number of nitrogens with zero attached hydrogens (tertiary/aromatic N) is 2. The first-order chi connectivity index (χ1) is 15.2. The molecule has 0 saturated heterocycles. The Morgan fingerprint density at radius 2 is 1.69 bits per heavy atom. The average Bonchev–Trinajstić information content (AvgIpc) is 3.30. The second-order valence-electron chi connectivity index (χ2n) is 7.62. The number of guanidine groups is 1. The molecule has 3 rings (SSSR count). The van der Waals surface area contributed by atoms with Crippen LogP contribution >= 0.6 is 24.0 Å². The van der Waals surface area contributed by atoms with Crippen LogP contribution in [0.4, 0.5) is 0 Å². The summed E-state index contributed by atoms with van der Waals surface area (Å²) in [5, 5.41) is 16.5. The normalized spacial score (nSPS) is 12.3. The molecular weight excluding hydrogens is 515 g/mol. The van der Waals surface area contributed by atoms with Gasteiger partial charge in [0.25, 0.3) is 0 Å². The maximum Gasteiger partial charge on any atom is 0.191 e. The van der Waals surface area contributed by atoms with E-state index in [2.05, 4.69) is 51.8 Å². The smallest absolute Gasteiger partial charge is 0.191 e. The van der Waals surface area contributed by atoms with Crippen molar-refractivity contribution in [2.45, 2.75) is 25.6 Å². The highest BCUT2D eigenvalue weighted by atomic mass is 127. The zero-order valence-corrected chi connectivity index (χ0v) is 21.0. The minimum absolute atomic E-state index is 0. The standard InChI is InChI=1S/C25H32N4O2.HI/c1-26-25(28-16-23(19-30)20-9-4-3-5-10-20)27-15-21-11-6-7-12-22(21)17-29(2)18-24-13-8-14-31-24;/h3-14,23,30H,15-19H2,1-2H3,(H2,26,27,28);1H. The number of furan rings is 1. The van der Waals surface area contributed by atoms with E-state index in [1.807, 2.05) is 42.5 Å². The van der Waals surface area contributed by atoms with E-state index in [-0.39, 0.29) is 36.5 Å². The van der Waals surface area contributed by atoms with Gasteiger partial charge in [-0.25, -0.2) is 0 Å². The molecule has 7 heteroatoms. The second-order valence-corrected chi connectivity index (χ2v) is 7.62. The molecule has 2 aromatic carbocycles. The number of benzene rings is 2. The van der Waals surface area contributed by atoms with Gasteiger partial charge >= 0.3 is 0 Å². The van der Waals surface area contributed by atoms with Crippen LogP contribution in [0.25, 0.3) is 0 Å². The SMILES string of the molecule is CN=C(NCc1ccccc1CN(C)Cc1ccco1)NCC(CO)c1ccccc1.I. The van der Waals surface area contributed by atoms with E-state index in [1.54, 1.807) is 13.3 Å². The average molecular weight is 548 g/mol. The number of nitrogens with one attached hydrogen (secondary N) is 2. The lowest BCUT2D eigenvalue weighted by molar-refractivity contribution is 0.265. The number of halogens is 1. The van der Waals surface area contributed by atoms with Crippen molar-refractivity contribution >= 4 is 29.9 Å². The third-order valence-electron chi connectivity index (χ3n) is 5.24. The Morgan fingerprint density at radius 1 is 0.969 bits per heavy atom. The number of rotatable bonds is 10. The first-order valence-electron chi connectivity index (χ1n) is 10.6. The molecule has 0 spiro atoms. The van der Waals surface area contributed by atoms with E-state index in [4.69, 9.17) is 4.42 Å². The van der Waals surface area contributed by atoms with Crippen molar-refractivity contribution in [2.75, 3.05) is 27.2 Å². The Bertz CT molecular complexity index is 932. The van der Waals surface area contributed by atoms with Crippen molar-refractivity contribution in [3.05, 3.63) is 95.4 Å². The van der Waals surface area contributed by atoms with Gasteiger partial charge in [-0.05, 0) is 35.9 Å². The molecule has 0 radical (unpaired) electrons. The fourth-order valence-corrected chi connectivity index (χ4v) is 3.53. The summed E-state index contributed by atoms with van der Waals surface area (Å²) in [7, 11) is 3.85. The van der Waals surface area contributed by atoms with Crippen LogP contribution in [0.3, 0.4) is 0 Å². The fraction of sp³-hybridized carbons (Fsp3) is 0.320. The number of aliphatic hydroxyl groups excluding tert-OH is 1. The number of hydrogen-bond donors (Lipinski definition) is 3. The van der Waals surface area contributed by atoms with E-state index < -0.39 is 0 Å². The maximum absolute atomic E-state index is 9.77. The first-order valence-corrected chi connectivity index (χ1v) is 10.6. The fourth-order valence-electron chi connectivity index (χ4n) is 3.53. The number of aliphatic hydroxyl groups is 1.